The summed E-state index contributed by atoms with van der Waals surface area (Å²) in [5.41, 5.74) is 0. The standard InChI is InChI=1S/C5H8ClNO2/c6-4-2-1-3-5(4)7(8)9/h4-5H,1-3H2. The van der Waals surface area contributed by atoms with Crippen LogP contribution in [-0.4, -0.2) is 16.3 Å². The summed E-state index contributed by atoms with van der Waals surface area (Å²) in [6, 6.07) is -0.480. The highest BCUT2D eigenvalue weighted by Crippen LogP contribution is 2.25. The molecule has 0 saturated heterocycles. The van der Waals surface area contributed by atoms with Crippen molar-refractivity contribution in [3.05, 3.63) is 10.1 Å². The summed E-state index contributed by atoms with van der Waals surface area (Å²) in [4.78, 5) is 9.86. The zero-order chi connectivity index (χ0) is 6.85. The van der Waals surface area contributed by atoms with Gasteiger partial charge in [-0.05, 0) is 12.8 Å². The van der Waals surface area contributed by atoms with Gasteiger partial charge in [0.1, 0.15) is 5.38 Å². The molecule has 1 rings (SSSR count). The molecule has 0 aliphatic heterocycles. The minimum atomic E-state index is -0.480. The molecule has 0 radical (unpaired) electrons. The Labute approximate surface area is 58.1 Å². The monoisotopic (exact) mass is 149 g/mol. The summed E-state index contributed by atoms with van der Waals surface area (Å²) in [5.74, 6) is 0. The molecule has 2 unspecified atom stereocenters. The van der Waals surface area contributed by atoms with Crippen molar-refractivity contribution in [2.75, 3.05) is 0 Å². The van der Waals surface area contributed by atoms with Gasteiger partial charge in [0.25, 0.3) is 0 Å². The van der Waals surface area contributed by atoms with Crippen LogP contribution >= 0.6 is 11.6 Å². The highest BCUT2D eigenvalue weighted by atomic mass is 35.5. The first-order chi connectivity index (χ1) is 4.22. The Morgan fingerprint density at radius 1 is 1.56 bits per heavy atom. The Balaban J connectivity index is 2.49. The number of rotatable bonds is 1. The first-order valence-electron chi connectivity index (χ1n) is 2.99. The van der Waals surface area contributed by atoms with Crippen LogP contribution in [0.5, 0.6) is 0 Å². The van der Waals surface area contributed by atoms with Crippen molar-refractivity contribution in [3.8, 4) is 0 Å². The normalized spacial score (nSPS) is 34.8. The Bertz CT molecular complexity index is 128. The van der Waals surface area contributed by atoms with Gasteiger partial charge in [-0.1, -0.05) is 0 Å². The smallest absolute Gasteiger partial charge is 0.229 e. The summed E-state index contributed by atoms with van der Waals surface area (Å²) in [6.45, 7) is 0. The fourth-order valence-electron chi connectivity index (χ4n) is 1.13. The Morgan fingerprint density at radius 2 is 2.22 bits per heavy atom. The highest BCUT2D eigenvalue weighted by Gasteiger charge is 2.34. The zero-order valence-electron chi connectivity index (χ0n) is 4.92. The molecule has 0 bridgehead atoms. The van der Waals surface area contributed by atoms with Crippen molar-refractivity contribution in [1.29, 1.82) is 0 Å². The molecule has 3 nitrogen and oxygen atoms in total. The molecular formula is C5H8ClNO2. The Kier molecular flexibility index (Phi) is 1.90. The topological polar surface area (TPSA) is 43.1 Å². The largest absolute Gasteiger partial charge is 0.264 e. The molecule has 0 amide bonds. The van der Waals surface area contributed by atoms with Crippen LogP contribution in [0.3, 0.4) is 0 Å². The number of nitrogens with zero attached hydrogens (tertiary/aromatic N) is 1. The van der Waals surface area contributed by atoms with Crippen molar-refractivity contribution < 1.29 is 4.92 Å². The van der Waals surface area contributed by atoms with E-state index >= 15 is 0 Å². The average Bonchev–Trinajstić information content (AvgIpc) is 2.13. The van der Waals surface area contributed by atoms with E-state index in [1.54, 1.807) is 0 Å². The van der Waals surface area contributed by atoms with Gasteiger partial charge in [0.05, 0.1) is 0 Å². The van der Waals surface area contributed by atoms with Gasteiger partial charge in [-0.2, -0.15) is 0 Å². The van der Waals surface area contributed by atoms with Crippen molar-refractivity contribution in [3.63, 3.8) is 0 Å². The summed E-state index contributed by atoms with van der Waals surface area (Å²) >= 11 is 5.63. The lowest BCUT2D eigenvalue weighted by atomic mass is 10.3. The van der Waals surface area contributed by atoms with Crippen LogP contribution in [0.25, 0.3) is 0 Å². The third-order valence-electron chi connectivity index (χ3n) is 1.67. The van der Waals surface area contributed by atoms with E-state index in [9.17, 15) is 10.1 Å². The number of hydrogen-bond acceptors (Lipinski definition) is 2. The summed E-state index contributed by atoms with van der Waals surface area (Å²) in [7, 11) is 0. The highest BCUT2D eigenvalue weighted by molar-refractivity contribution is 6.21. The van der Waals surface area contributed by atoms with E-state index in [2.05, 4.69) is 0 Å². The lowest BCUT2D eigenvalue weighted by molar-refractivity contribution is -0.519. The van der Waals surface area contributed by atoms with Crippen molar-refractivity contribution >= 4 is 11.6 Å². The maximum atomic E-state index is 10.1. The van der Waals surface area contributed by atoms with Gasteiger partial charge in [-0.25, -0.2) is 0 Å². The van der Waals surface area contributed by atoms with Crippen molar-refractivity contribution in [2.45, 2.75) is 30.7 Å². The second kappa shape index (κ2) is 2.52. The minimum absolute atomic E-state index is 0.222. The third kappa shape index (κ3) is 1.33. The van der Waals surface area contributed by atoms with Crippen LogP contribution in [0.1, 0.15) is 19.3 Å². The summed E-state index contributed by atoms with van der Waals surface area (Å²) in [5, 5.41) is 9.91. The number of alkyl halides is 1. The fourth-order valence-corrected chi connectivity index (χ4v) is 1.51. The molecule has 0 N–H and O–H groups in total. The summed E-state index contributed by atoms with van der Waals surface area (Å²) in [6.07, 6.45) is 2.36. The molecule has 52 valence electrons. The van der Waals surface area contributed by atoms with Crippen molar-refractivity contribution in [2.24, 2.45) is 0 Å². The van der Waals surface area contributed by atoms with Gasteiger partial charge >= 0.3 is 0 Å². The van der Waals surface area contributed by atoms with Gasteiger partial charge in [0.15, 0.2) is 0 Å². The predicted octanol–water partition coefficient (Wildman–Crippen LogP) is 1.42. The lowest BCUT2D eigenvalue weighted by Crippen LogP contribution is -2.23. The molecule has 0 spiro atoms. The molecule has 4 heteroatoms. The molecule has 1 fully saturated rings. The lowest BCUT2D eigenvalue weighted by Gasteiger charge is -2.02. The maximum Gasteiger partial charge on any atom is 0.229 e. The Morgan fingerprint density at radius 3 is 2.44 bits per heavy atom. The van der Waals surface area contributed by atoms with E-state index in [-0.39, 0.29) is 10.3 Å². The predicted molar refractivity (Wildman–Crippen MR) is 34.3 cm³/mol. The quantitative estimate of drug-likeness (QED) is 0.322. The summed E-state index contributed by atoms with van der Waals surface area (Å²) < 4.78 is 0. The Hall–Kier alpha value is -0.310. The number of hydrogen-bond donors (Lipinski definition) is 0. The van der Waals surface area contributed by atoms with E-state index in [1.165, 1.54) is 0 Å². The molecule has 1 saturated carbocycles. The SMILES string of the molecule is O=[N+]([O-])C1CCCC1Cl. The van der Waals surface area contributed by atoms with E-state index < -0.39 is 6.04 Å². The van der Waals surface area contributed by atoms with Crippen LogP contribution < -0.4 is 0 Å². The molecule has 0 aromatic carbocycles. The molecule has 0 heterocycles. The molecule has 0 aromatic heterocycles. The first kappa shape index (κ1) is 6.81. The fraction of sp³-hybridized carbons (Fsp3) is 1.00. The molecule has 1 aliphatic carbocycles. The molecule has 1 aliphatic rings. The van der Waals surface area contributed by atoms with Gasteiger partial charge in [0.2, 0.25) is 6.04 Å². The van der Waals surface area contributed by atoms with Crippen LogP contribution in [0.4, 0.5) is 0 Å². The second-order valence-corrected chi connectivity index (χ2v) is 2.86. The minimum Gasteiger partial charge on any atom is -0.264 e. The maximum absolute atomic E-state index is 10.1. The zero-order valence-corrected chi connectivity index (χ0v) is 5.67. The second-order valence-electron chi connectivity index (χ2n) is 2.30. The average molecular weight is 150 g/mol. The number of halogens is 1. The van der Waals surface area contributed by atoms with Crippen LogP contribution in [-0.2, 0) is 0 Å². The first-order valence-corrected chi connectivity index (χ1v) is 3.43. The van der Waals surface area contributed by atoms with E-state index in [0.717, 1.165) is 12.8 Å². The van der Waals surface area contributed by atoms with Gasteiger partial charge in [0, 0.05) is 11.3 Å². The van der Waals surface area contributed by atoms with E-state index in [0.29, 0.717) is 6.42 Å². The van der Waals surface area contributed by atoms with Gasteiger partial charge < -0.3 is 0 Å². The van der Waals surface area contributed by atoms with Crippen LogP contribution in [0, 0.1) is 10.1 Å². The molecule has 2 atom stereocenters. The third-order valence-corrected chi connectivity index (χ3v) is 2.18. The molecule has 0 aromatic rings. The van der Waals surface area contributed by atoms with Crippen LogP contribution in [0.15, 0.2) is 0 Å². The van der Waals surface area contributed by atoms with Gasteiger partial charge in [-0.15, -0.1) is 11.6 Å². The van der Waals surface area contributed by atoms with Crippen molar-refractivity contribution in [1.82, 2.24) is 0 Å². The number of nitro groups is 1. The molecule has 9 heavy (non-hydrogen) atoms. The van der Waals surface area contributed by atoms with E-state index in [1.807, 2.05) is 0 Å². The van der Waals surface area contributed by atoms with Gasteiger partial charge in [-0.3, -0.25) is 10.1 Å². The molecular weight excluding hydrogens is 142 g/mol. The van der Waals surface area contributed by atoms with Crippen LogP contribution in [0.2, 0.25) is 0 Å². The van der Waals surface area contributed by atoms with E-state index in [4.69, 9.17) is 11.6 Å².